The molecule has 0 unspecified atom stereocenters. The zero-order chi connectivity index (χ0) is 19.9. The molecule has 1 saturated heterocycles. The summed E-state index contributed by atoms with van der Waals surface area (Å²) in [6.45, 7) is 6.49. The Morgan fingerprint density at radius 1 is 1.04 bits per heavy atom. The summed E-state index contributed by atoms with van der Waals surface area (Å²) in [7, 11) is 0. The van der Waals surface area contributed by atoms with Gasteiger partial charge in [0.15, 0.2) is 0 Å². The summed E-state index contributed by atoms with van der Waals surface area (Å²) >= 11 is 0. The summed E-state index contributed by atoms with van der Waals surface area (Å²) in [6.07, 6.45) is 8.39. The molecule has 2 amide bonds. The highest BCUT2D eigenvalue weighted by Gasteiger charge is 2.28. The Hall–Kier alpha value is -2.04. The van der Waals surface area contributed by atoms with Crippen molar-refractivity contribution in [2.45, 2.75) is 77.3 Å². The minimum Gasteiger partial charge on any atom is -0.371 e. The lowest BCUT2D eigenvalue weighted by Crippen LogP contribution is -2.45. The van der Waals surface area contributed by atoms with Crippen LogP contribution in [0.1, 0.15) is 75.6 Å². The van der Waals surface area contributed by atoms with Crippen LogP contribution in [0, 0.1) is 0 Å². The molecule has 154 valence electrons. The Kier molecular flexibility index (Phi) is 7.35. The first-order chi connectivity index (χ1) is 13.6. The second-order valence-corrected chi connectivity index (χ2v) is 8.08. The van der Waals surface area contributed by atoms with Crippen molar-refractivity contribution >= 4 is 17.5 Å². The summed E-state index contributed by atoms with van der Waals surface area (Å²) in [6, 6.07) is 8.68. The number of para-hydroxylation sites is 1. The van der Waals surface area contributed by atoms with E-state index in [-0.39, 0.29) is 17.9 Å². The number of carbonyl (C=O) groups is 2. The van der Waals surface area contributed by atoms with Crippen LogP contribution in [0.4, 0.5) is 5.69 Å². The molecule has 2 fully saturated rings. The molecule has 1 N–H and O–H groups in total. The van der Waals surface area contributed by atoms with Crippen molar-refractivity contribution in [2.24, 2.45) is 0 Å². The zero-order valence-corrected chi connectivity index (χ0v) is 17.5. The number of benzene rings is 1. The predicted octanol–water partition coefficient (Wildman–Crippen LogP) is 3.98. The van der Waals surface area contributed by atoms with Crippen molar-refractivity contribution in [3.05, 3.63) is 29.8 Å². The SMILES string of the molecule is CCC(=O)NC1CCN(c2ccccc2C(=O)N(CC)C2CCCCC2)CC1. The van der Waals surface area contributed by atoms with Crippen LogP contribution in [0.5, 0.6) is 0 Å². The maximum atomic E-state index is 13.4. The van der Waals surface area contributed by atoms with Gasteiger partial charge in [-0.05, 0) is 44.7 Å². The fourth-order valence-electron chi connectivity index (χ4n) is 4.64. The summed E-state index contributed by atoms with van der Waals surface area (Å²) in [5.41, 5.74) is 1.87. The van der Waals surface area contributed by atoms with Crippen LogP contribution >= 0.6 is 0 Å². The molecule has 1 aromatic carbocycles. The quantitative estimate of drug-likeness (QED) is 0.806. The molecule has 0 bridgehead atoms. The van der Waals surface area contributed by atoms with E-state index in [9.17, 15) is 9.59 Å². The molecular weight excluding hydrogens is 350 g/mol. The summed E-state index contributed by atoms with van der Waals surface area (Å²) in [5, 5.41) is 3.11. The van der Waals surface area contributed by atoms with Gasteiger partial charge in [-0.1, -0.05) is 38.3 Å². The van der Waals surface area contributed by atoms with Crippen molar-refractivity contribution in [3.8, 4) is 0 Å². The third-order valence-electron chi connectivity index (χ3n) is 6.27. The molecule has 1 heterocycles. The van der Waals surface area contributed by atoms with Crippen LogP contribution in [-0.2, 0) is 4.79 Å². The van der Waals surface area contributed by atoms with E-state index in [0.29, 0.717) is 12.5 Å². The average molecular weight is 386 g/mol. The van der Waals surface area contributed by atoms with E-state index in [1.54, 1.807) is 0 Å². The second-order valence-electron chi connectivity index (χ2n) is 8.08. The van der Waals surface area contributed by atoms with Crippen molar-refractivity contribution in [1.82, 2.24) is 10.2 Å². The van der Waals surface area contributed by atoms with Gasteiger partial charge in [0, 0.05) is 43.8 Å². The highest BCUT2D eigenvalue weighted by atomic mass is 16.2. The highest BCUT2D eigenvalue weighted by molar-refractivity contribution is 6.00. The minimum atomic E-state index is 0.125. The van der Waals surface area contributed by atoms with Crippen molar-refractivity contribution in [3.63, 3.8) is 0 Å². The zero-order valence-electron chi connectivity index (χ0n) is 17.5. The molecule has 3 rings (SSSR count). The van der Waals surface area contributed by atoms with Gasteiger partial charge in [-0.3, -0.25) is 9.59 Å². The Morgan fingerprint density at radius 2 is 1.71 bits per heavy atom. The number of hydrogen-bond donors (Lipinski definition) is 1. The van der Waals surface area contributed by atoms with Crippen LogP contribution in [0.2, 0.25) is 0 Å². The molecular formula is C23H35N3O2. The number of anilines is 1. The fourth-order valence-corrected chi connectivity index (χ4v) is 4.64. The van der Waals surface area contributed by atoms with Crippen LogP contribution < -0.4 is 10.2 Å². The summed E-state index contributed by atoms with van der Waals surface area (Å²) in [4.78, 5) is 29.5. The number of amides is 2. The Bertz CT molecular complexity index is 662. The molecule has 0 radical (unpaired) electrons. The summed E-state index contributed by atoms with van der Waals surface area (Å²) in [5.74, 6) is 0.298. The third-order valence-corrected chi connectivity index (χ3v) is 6.27. The van der Waals surface area contributed by atoms with Crippen molar-refractivity contribution < 1.29 is 9.59 Å². The van der Waals surface area contributed by atoms with E-state index in [4.69, 9.17) is 0 Å². The highest BCUT2D eigenvalue weighted by Crippen LogP contribution is 2.29. The fraction of sp³-hybridized carbons (Fsp3) is 0.652. The molecule has 5 heteroatoms. The third kappa shape index (κ3) is 4.86. The monoisotopic (exact) mass is 385 g/mol. The van der Waals surface area contributed by atoms with E-state index in [2.05, 4.69) is 28.1 Å². The number of carbonyl (C=O) groups excluding carboxylic acids is 2. The topological polar surface area (TPSA) is 52.7 Å². The Balaban J connectivity index is 1.70. The van der Waals surface area contributed by atoms with Crippen LogP contribution in [0.25, 0.3) is 0 Å². The molecule has 28 heavy (non-hydrogen) atoms. The molecule has 1 aliphatic heterocycles. The van der Waals surface area contributed by atoms with Gasteiger partial charge < -0.3 is 15.1 Å². The van der Waals surface area contributed by atoms with Gasteiger partial charge in [-0.15, -0.1) is 0 Å². The molecule has 0 aromatic heterocycles. The molecule has 5 nitrogen and oxygen atoms in total. The first kappa shape index (κ1) is 20.7. The molecule has 1 saturated carbocycles. The Labute approximate surface area is 169 Å². The van der Waals surface area contributed by atoms with Crippen LogP contribution in [0.3, 0.4) is 0 Å². The van der Waals surface area contributed by atoms with E-state index in [0.717, 1.165) is 56.6 Å². The number of rotatable bonds is 6. The Morgan fingerprint density at radius 3 is 2.36 bits per heavy atom. The standard InChI is InChI=1S/C23H35N3O2/c1-3-22(27)24-18-14-16-25(17-15-18)21-13-9-8-12-20(21)23(28)26(4-2)19-10-6-5-7-11-19/h8-9,12-13,18-19H,3-7,10-11,14-17H2,1-2H3,(H,24,27). The van der Waals surface area contributed by atoms with Gasteiger partial charge in [-0.2, -0.15) is 0 Å². The van der Waals surface area contributed by atoms with E-state index in [1.807, 2.05) is 25.1 Å². The first-order valence-electron chi connectivity index (χ1n) is 11.1. The van der Waals surface area contributed by atoms with Gasteiger partial charge in [0.05, 0.1) is 5.56 Å². The van der Waals surface area contributed by atoms with E-state index in [1.165, 1.54) is 19.3 Å². The van der Waals surface area contributed by atoms with Crippen molar-refractivity contribution in [2.75, 3.05) is 24.5 Å². The average Bonchev–Trinajstić information content (AvgIpc) is 2.75. The maximum Gasteiger partial charge on any atom is 0.256 e. The lowest BCUT2D eigenvalue weighted by atomic mass is 9.93. The van der Waals surface area contributed by atoms with Crippen LogP contribution in [-0.4, -0.2) is 48.4 Å². The lowest BCUT2D eigenvalue weighted by Gasteiger charge is -2.37. The van der Waals surface area contributed by atoms with Gasteiger partial charge in [-0.25, -0.2) is 0 Å². The lowest BCUT2D eigenvalue weighted by molar-refractivity contribution is -0.121. The second kappa shape index (κ2) is 9.94. The maximum absolute atomic E-state index is 13.4. The minimum absolute atomic E-state index is 0.125. The van der Waals surface area contributed by atoms with Crippen molar-refractivity contribution in [1.29, 1.82) is 0 Å². The molecule has 2 aliphatic rings. The number of nitrogens with one attached hydrogen (secondary N) is 1. The van der Waals surface area contributed by atoms with Gasteiger partial charge >= 0.3 is 0 Å². The van der Waals surface area contributed by atoms with Gasteiger partial charge in [0.2, 0.25) is 5.91 Å². The number of piperidine rings is 1. The van der Waals surface area contributed by atoms with Gasteiger partial charge in [0.1, 0.15) is 0 Å². The van der Waals surface area contributed by atoms with E-state index < -0.39 is 0 Å². The van der Waals surface area contributed by atoms with E-state index >= 15 is 0 Å². The molecule has 1 aromatic rings. The summed E-state index contributed by atoms with van der Waals surface area (Å²) < 4.78 is 0. The first-order valence-corrected chi connectivity index (χ1v) is 11.1. The largest absolute Gasteiger partial charge is 0.371 e. The number of nitrogens with zero attached hydrogens (tertiary/aromatic N) is 2. The smallest absolute Gasteiger partial charge is 0.256 e. The normalized spacial score (nSPS) is 18.7. The van der Waals surface area contributed by atoms with Crippen LogP contribution in [0.15, 0.2) is 24.3 Å². The van der Waals surface area contributed by atoms with Gasteiger partial charge in [0.25, 0.3) is 5.91 Å². The number of hydrogen-bond acceptors (Lipinski definition) is 3. The molecule has 1 aliphatic carbocycles. The molecule has 0 spiro atoms. The molecule has 0 atom stereocenters. The predicted molar refractivity (Wildman–Crippen MR) is 114 cm³/mol.